The fourth-order valence-corrected chi connectivity index (χ4v) is 3.73. The number of nitrogens with one attached hydrogen (secondary N) is 1. The molecule has 1 aromatic heterocycles. The second-order valence-corrected chi connectivity index (χ2v) is 7.80. The molecule has 1 saturated carbocycles. The molecule has 0 saturated heterocycles. The standard InChI is InChI=1S/C20H23N5O2S/c1-4-11-25-18(14-5-9-16(27-3)10-6-14)23-24-19(25)28-12-17(26)22-20(2,13-21)15-7-8-15/h4-6,9-10,15H,1,7-8,11-12H2,2-3H3,(H,22,26). The van der Waals surface area contributed by atoms with Gasteiger partial charge >= 0.3 is 0 Å². The number of nitriles is 1. The van der Waals surface area contributed by atoms with Crippen LogP contribution in [0.3, 0.4) is 0 Å². The third-order valence-corrected chi connectivity index (χ3v) is 5.70. The third kappa shape index (κ3) is 4.37. The quantitative estimate of drug-likeness (QED) is 0.516. The minimum absolute atomic E-state index is 0.169. The van der Waals surface area contributed by atoms with Crippen molar-refractivity contribution in [2.45, 2.75) is 37.0 Å². The molecule has 1 amide bonds. The summed E-state index contributed by atoms with van der Waals surface area (Å²) in [6.07, 6.45) is 3.73. The summed E-state index contributed by atoms with van der Waals surface area (Å²) in [5.41, 5.74) is 0.109. The lowest BCUT2D eigenvalue weighted by molar-refractivity contribution is -0.119. The number of amides is 1. The average molecular weight is 398 g/mol. The topological polar surface area (TPSA) is 92.8 Å². The molecule has 28 heavy (non-hydrogen) atoms. The van der Waals surface area contributed by atoms with E-state index >= 15 is 0 Å². The summed E-state index contributed by atoms with van der Waals surface area (Å²) in [6, 6.07) is 9.80. The molecule has 3 rings (SSSR count). The Morgan fingerprint density at radius 2 is 2.18 bits per heavy atom. The van der Waals surface area contributed by atoms with Gasteiger partial charge in [-0.2, -0.15) is 5.26 Å². The smallest absolute Gasteiger partial charge is 0.231 e. The van der Waals surface area contributed by atoms with Crippen LogP contribution >= 0.6 is 11.8 Å². The first-order valence-electron chi connectivity index (χ1n) is 9.04. The third-order valence-electron chi connectivity index (χ3n) is 4.73. The molecular formula is C20H23N5O2S. The molecule has 1 fully saturated rings. The average Bonchev–Trinajstić information content (AvgIpc) is 3.50. The van der Waals surface area contributed by atoms with Crippen LogP contribution in [0.25, 0.3) is 11.4 Å². The number of thioether (sulfide) groups is 1. The van der Waals surface area contributed by atoms with Crippen LogP contribution in [0, 0.1) is 17.2 Å². The molecule has 0 radical (unpaired) electrons. The molecule has 1 aliphatic carbocycles. The summed E-state index contributed by atoms with van der Waals surface area (Å²) in [4.78, 5) is 12.4. The van der Waals surface area contributed by atoms with Gasteiger partial charge in [0.05, 0.1) is 18.9 Å². The molecule has 0 spiro atoms. The summed E-state index contributed by atoms with van der Waals surface area (Å²) >= 11 is 1.30. The number of hydrogen-bond donors (Lipinski definition) is 1. The minimum atomic E-state index is -0.791. The first-order chi connectivity index (χ1) is 13.5. The van der Waals surface area contributed by atoms with Crippen molar-refractivity contribution >= 4 is 17.7 Å². The van der Waals surface area contributed by atoms with Crippen LogP contribution in [-0.2, 0) is 11.3 Å². The Balaban J connectivity index is 1.71. The zero-order valence-corrected chi connectivity index (χ0v) is 16.8. The van der Waals surface area contributed by atoms with Gasteiger partial charge in [0.2, 0.25) is 5.91 Å². The lowest BCUT2D eigenvalue weighted by atomic mass is 9.98. The van der Waals surface area contributed by atoms with Gasteiger partial charge in [0, 0.05) is 12.1 Å². The van der Waals surface area contributed by atoms with Gasteiger partial charge in [0.15, 0.2) is 11.0 Å². The highest BCUT2D eigenvalue weighted by Crippen LogP contribution is 2.39. The Labute approximate surface area is 168 Å². The second kappa shape index (κ2) is 8.48. The van der Waals surface area contributed by atoms with Crippen LogP contribution < -0.4 is 10.1 Å². The summed E-state index contributed by atoms with van der Waals surface area (Å²) in [5, 5.41) is 21.4. The number of carbonyl (C=O) groups is 1. The van der Waals surface area contributed by atoms with E-state index in [1.54, 1.807) is 20.1 Å². The van der Waals surface area contributed by atoms with Gasteiger partial charge < -0.3 is 10.1 Å². The Bertz CT molecular complexity index is 898. The maximum absolute atomic E-state index is 12.4. The number of methoxy groups -OCH3 is 1. The zero-order valence-electron chi connectivity index (χ0n) is 16.0. The van der Waals surface area contributed by atoms with Crippen molar-refractivity contribution < 1.29 is 9.53 Å². The van der Waals surface area contributed by atoms with E-state index in [1.807, 2.05) is 28.8 Å². The Morgan fingerprint density at radius 1 is 1.46 bits per heavy atom. The van der Waals surface area contributed by atoms with E-state index in [1.165, 1.54) is 11.8 Å². The van der Waals surface area contributed by atoms with Crippen LogP contribution in [0.2, 0.25) is 0 Å². The van der Waals surface area contributed by atoms with Gasteiger partial charge in [-0.05, 0) is 49.9 Å². The zero-order chi connectivity index (χ0) is 20.1. The second-order valence-electron chi connectivity index (χ2n) is 6.86. The van der Waals surface area contributed by atoms with Crippen LogP contribution in [-0.4, -0.2) is 39.1 Å². The summed E-state index contributed by atoms with van der Waals surface area (Å²) in [6.45, 7) is 6.11. The first-order valence-corrected chi connectivity index (χ1v) is 10.0. The predicted molar refractivity (Wildman–Crippen MR) is 108 cm³/mol. The molecule has 2 aromatic rings. The highest BCUT2D eigenvalue weighted by atomic mass is 32.2. The van der Waals surface area contributed by atoms with Gasteiger partial charge in [-0.3, -0.25) is 9.36 Å². The van der Waals surface area contributed by atoms with E-state index in [0.29, 0.717) is 17.5 Å². The molecule has 1 unspecified atom stereocenters. The molecule has 1 aromatic carbocycles. The molecule has 1 heterocycles. The van der Waals surface area contributed by atoms with E-state index < -0.39 is 5.54 Å². The predicted octanol–water partition coefficient (Wildman–Crippen LogP) is 3.04. The normalized spacial score (nSPS) is 15.3. The largest absolute Gasteiger partial charge is 0.497 e. The SMILES string of the molecule is C=CCn1c(SCC(=O)NC(C)(C#N)C2CC2)nnc1-c1ccc(OC)cc1. The van der Waals surface area contributed by atoms with Crippen LogP contribution in [0.4, 0.5) is 0 Å². The van der Waals surface area contributed by atoms with E-state index in [0.717, 1.165) is 24.2 Å². The number of rotatable bonds is 9. The van der Waals surface area contributed by atoms with Crippen molar-refractivity contribution in [3.05, 3.63) is 36.9 Å². The van der Waals surface area contributed by atoms with Crippen molar-refractivity contribution in [3.63, 3.8) is 0 Å². The number of carbonyl (C=O) groups excluding carboxylic acids is 1. The number of aromatic nitrogens is 3. The van der Waals surface area contributed by atoms with Gasteiger partial charge in [-0.15, -0.1) is 16.8 Å². The van der Waals surface area contributed by atoms with Crippen molar-refractivity contribution in [1.82, 2.24) is 20.1 Å². The van der Waals surface area contributed by atoms with Gasteiger partial charge in [-0.25, -0.2) is 0 Å². The fraction of sp³-hybridized carbons (Fsp3) is 0.400. The highest BCUT2D eigenvalue weighted by Gasteiger charge is 2.42. The summed E-state index contributed by atoms with van der Waals surface area (Å²) in [5.74, 6) is 1.70. The summed E-state index contributed by atoms with van der Waals surface area (Å²) in [7, 11) is 1.62. The van der Waals surface area contributed by atoms with Crippen molar-refractivity contribution in [2.24, 2.45) is 5.92 Å². The Morgan fingerprint density at radius 3 is 2.75 bits per heavy atom. The number of nitrogens with zero attached hydrogens (tertiary/aromatic N) is 4. The monoisotopic (exact) mass is 397 g/mol. The maximum Gasteiger partial charge on any atom is 0.231 e. The van der Waals surface area contributed by atoms with Gasteiger partial charge in [0.25, 0.3) is 0 Å². The molecule has 7 nitrogen and oxygen atoms in total. The maximum atomic E-state index is 12.4. The van der Waals surface area contributed by atoms with E-state index in [9.17, 15) is 10.1 Å². The van der Waals surface area contributed by atoms with Crippen molar-refractivity contribution in [3.8, 4) is 23.2 Å². The molecule has 1 N–H and O–H groups in total. The van der Waals surface area contributed by atoms with Crippen LogP contribution in [0.1, 0.15) is 19.8 Å². The highest BCUT2D eigenvalue weighted by molar-refractivity contribution is 7.99. The molecule has 0 bridgehead atoms. The number of benzene rings is 1. The van der Waals surface area contributed by atoms with Gasteiger partial charge in [-0.1, -0.05) is 17.8 Å². The van der Waals surface area contributed by atoms with Crippen LogP contribution in [0.5, 0.6) is 5.75 Å². The molecule has 146 valence electrons. The fourth-order valence-electron chi connectivity index (χ4n) is 2.98. The van der Waals surface area contributed by atoms with E-state index in [-0.39, 0.29) is 17.6 Å². The van der Waals surface area contributed by atoms with Crippen LogP contribution in [0.15, 0.2) is 42.1 Å². The molecule has 0 aliphatic heterocycles. The Kier molecular flexibility index (Phi) is 6.05. The van der Waals surface area contributed by atoms with E-state index in [4.69, 9.17) is 4.74 Å². The minimum Gasteiger partial charge on any atom is -0.497 e. The lowest BCUT2D eigenvalue weighted by Crippen LogP contribution is -2.47. The number of allylic oxidation sites excluding steroid dienone is 1. The van der Waals surface area contributed by atoms with Crippen molar-refractivity contribution in [1.29, 1.82) is 5.26 Å². The van der Waals surface area contributed by atoms with Crippen molar-refractivity contribution in [2.75, 3.05) is 12.9 Å². The Hall–Kier alpha value is -2.79. The first kappa shape index (κ1) is 20.0. The number of ether oxygens (including phenoxy) is 1. The van der Waals surface area contributed by atoms with Gasteiger partial charge in [0.1, 0.15) is 11.3 Å². The molecule has 1 atom stereocenters. The summed E-state index contributed by atoms with van der Waals surface area (Å²) < 4.78 is 7.11. The number of hydrogen-bond acceptors (Lipinski definition) is 6. The van der Waals surface area contributed by atoms with E-state index in [2.05, 4.69) is 28.2 Å². The lowest BCUT2D eigenvalue weighted by Gasteiger charge is -2.22. The molecule has 8 heteroatoms. The molecule has 1 aliphatic rings. The molecular weight excluding hydrogens is 374 g/mol.